The van der Waals surface area contributed by atoms with Gasteiger partial charge in [-0.25, -0.2) is 8.42 Å². The molecule has 0 radical (unpaired) electrons. The maximum Gasteiger partial charge on any atom is 0.243 e. The third-order valence-corrected chi connectivity index (χ3v) is 9.93. The highest BCUT2D eigenvalue weighted by atomic mass is 35.5. The van der Waals surface area contributed by atoms with E-state index in [4.69, 9.17) is 23.2 Å². The fourth-order valence-corrected chi connectivity index (χ4v) is 7.00. The van der Waals surface area contributed by atoms with Crippen molar-refractivity contribution >= 4 is 50.7 Å². The van der Waals surface area contributed by atoms with Gasteiger partial charge >= 0.3 is 0 Å². The zero-order valence-corrected chi connectivity index (χ0v) is 27.7. The number of rotatable bonds is 13. The first-order valence-electron chi connectivity index (χ1n) is 15.1. The number of carbonyl (C=O) groups excluding carboxylic acids is 2. The van der Waals surface area contributed by atoms with Gasteiger partial charge in [0.1, 0.15) is 6.04 Å². The van der Waals surface area contributed by atoms with Gasteiger partial charge in [-0.3, -0.25) is 13.9 Å². The van der Waals surface area contributed by atoms with Crippen LogP contribution in [-0.4, -0.2) is 50.0 Å². The molecule has 0 saturated heterocycles. The molecule has 3 aromatic rings. The Bertz CT molecular complexity index is 1530. The molecule has 1 saturated carbocycles. The molecule has 2 amide bonds. The first-order valence-corrected chi connectivity index (χ1v) is 17.7. The van der Waals surface area contributed by atoms with E-state index in [-0.39, 0.29) is 43.8 Å². The third kappa shape index (κ3) is 9.71. The van der Waals surface area contributed by atoms with Crippen LogP contribution in [0.4, 0.5) is 5.69 Å². The third-order valence-electron chi connectivity index (χ3n) is 8.00. The average molecular weight is 659 g/mol. The van der Waals surface area contributed by atoms with Crippen LogP contribution in [0.1, 0.15) is 61.6 Å². The summed E-state index contributed by atoms with van der Waals surface area (Å²) in [5, 5.41) is 4.00. The number of benzene rings is 3. The monoisotopic (exact) mass is 657 g/mol. The van der Waals surface area contributed by atoms with Crippen molar-refractivity contribution in [3.05, 3.63) is 99.5 Å². The molecule has 1 atom stereocenters. The summed E-state index contributed by atoms with van der Waals surface area (Å²) in [4.78, 5) is 29.6. The Balaban J connectivity index is 1.61. The number of amides is 2. The van der Waals surface area contributed by atoms with E-state index in [1.54, 1.807) is 29.2 Å². The van der Waals surface area contributed by atoms with Crippen LogP contribution in [-0.2, 0) is 32.6 Å². The molecule has 3 aromatic carbocycles. The second-order valence-electron chi connectivity index (χ2n) is 11.6. The molecule has 1 N–H and O–H groups in total. The van der Waals surface area contributed by atoms with Gasteiger partial charge in [-0.2, -0.15) is 0 Å². The minimum atomic E-state index is -3.58. The molecule has 0 aliphatic heterocycles. The van der Waals surface area contributed by atoms with E-state index in [9.17, 15) is 18.0 Å². The maximum atomic E-state index is 14.1. The Kier molecular flexibility index (Phi) is 12.1. The number of hydrogen-bond donors (Lipinski definition) is 1. The first kappa shape index (κ1) is 33.8. The molecule has 4 rings (SSSR count). The number of carbonyl (C=O) groups is 2. The Hall–Kier alpha value is -3.07. The highest BCUT2D eigenvalue weighted by molar-refractivity contribution is 7.92. The summed E-state index contributed by atoms with van der Waals surface area (Å²) in [6.45, 7) is 2.19. The normalized spacial score (nSPS) is 14.5. The van der Waals surface area contributed by atoms with Gasteiger partial charge in [-0.05, 0) is 67.1 Å². The van der Waals surface area contributed by atoms with Gasteiger partial charge in [0, 0.05) is 32.0 Å². The molecular weight excluding hydrogens is 617 g/mol. The molecular formula is C34H41Cl2N3O4S. The predicted molar refractivity (Wildman–Crippen MR) is 179 cm³/mol. The zero-order chi connectivity index (χ0) is 31.7. The topological polar surface area (TPSA) is 86.8 Å². The van der Waals surface area contributed by atoms with Crippen LogP contribution < -0.4 is 9.62 Å². The van der Waals surface area contributed by atoms with Crippen molar-refractivity contribution in [2.75, 3.05) is 17.1 Å². The Morgan fingerprint density at radius 3 is 2.30 bits per heavy atom. The molecule has 7 nitrogen and oxygen atoms in total. The fourth-order valence-electron chi connectivity index (χ4n) is 5.72. The van der Waals surface area contributed by atoms with Gasteiger partial charge in [0.2, 0.25) is 21.8 Å². The van der Waals surface area contributed by atoms with Crippen molar-refractivity contribution in [3.8, 4) is 0 Å². The summed E-state index contributed by atoms with van der Waals surface area (Å²) in [6.07, 6.45) is 6.98. The predicted octanol–water partition coefficient (Wildman–Crippen LogP) is 6.94. The van der Waals surface area contributed by atoms with Crippen LogP contribution in [0.15, 0.2) is 72.8 Å². The lowest BCUT2D eigenvalue weighted by Crippen LogP contribution is -2.52. The fraction of sp³-hybridized carbons (Fsp3) is 0.412. The van der Waals surface area contributed by atoms with Crippen molar-refractivity contribution in [1.82, 2.24) is 10.2 Å². The molecule has 1 unspecified atom stereocenters. The van der Waals surface area contributed by atoms with Crippen LogP contribution in [0.3, 0.4) is 0 Å². The van der Waals surface area contributed by atoms with Crippen LogP contribution in [0.25, 0.3) is 0 Å². The van der Waals surface area contributed by atoms with Gasteiger partial charge in [0.25, 0.3) is 0 Å². The molecule has 236 valence electrons. The summed E-state index contributed by atoms with van der Waals surface area (Å²) < 4.78 is 26.7. The van der Waals surface area contributed by atoms with Crippen molar-refractivity contribution in [2.45, 2.75) is 76.9 Å². The van der Waals surface area contributed by atoms with Gasteiger partial charge in [-0.1, -0.05) is 91.0 Å². The van der Waals surface area contributed by atoms with E-state index in [1.165, 1.54) is 10.6 Å². The van der Waals surface area contributed by atoms with Crippen molar-refractivity contribution in [2.24, 2.45) is 0 Å². The minimum Gasteiger partial charge on any atom is -0.352 e. The molecule has 0 heterocycles. The second kappa shape index (κ2) is 15.8. The highest BCUT2D eigenvalue weighted by Crippen LogP contribution is 2.26. The van der Waals surface area contributed by atoms with E-state index in [2.05, 4.69) is 5.32 Å². The van der Waals surface area contributed by atoms with Crippen LogP contribution in [0.2, 0.25) is 10.0 Å². The highest BCUT2D eigenvalue weighted by Gasteiger charge is 2.32. The summed E-state index contributed by atoms with van der Waals surface area (Å²) in [5.74, 6) is -0.430. The summed E-state index contributed by atoms with van der Waals surface area (Å²) in [5.41, 5.74) is 3.17. The number of aryl methyl sites for hydroxylation is 1. The number of halogens is 2. The second-order valence-corrected chi connectivity index (χ2v) is 14.3. The van der Waals surface area contributed by atoms with E-state index in [1.807, 2.05) is 55.5 Å². The van der Waals surface area contributed by atoms with Crippen LogP contribution in [0, 0.1) is 6.92 Å². The Morgan fingerprint density at radius 1 is 0.909 bits per heavy atom. The quantitative estimate of drug-likeness (QED) is 0.216. The molecule has 1 aliphatic rings. The van der Waals surface area contributed by atoms with Crippen molar-refractivity contribution in [3.63, 3.8) is 0 Å². The van der Waals surface area contributed by atoms with Gasteiger partial charge in [0.15, 0.2) is 0 Å². The number of hydrogen-bond acceptors (Lipinski definition) is 4. The summed E-state index contributed by atoms with van der Waals surface area (Å²) in [7, 11) is -3.58. The molecule has 44 heavy (non-hydrogen) atoms. The molecule has 1 aliphatic carbocycles. The Labute approximate surface area is 271 Å². The minimum absolute atomic E-state index is 0.0567. The molecule has 0 bridgehead atoms. The van der Waals surface area contributed by atoms with Gasteiger partial charge < -0.3 is 10.2 Å². The number of sulfonamides is 1. The van der Waals surface area contributed by atoms with Crippen LogP contribution >= 0.6 is 23.2 Å². The maximum absolute atomic E-state index is 14.1. The van der Waals surface area contributed by atoms with E-state index in [0.717, 1.165) is 48.8 Å². The molecule has 10 heteroatoms. The molecule has 0 aromatic heterocycles. The lowest BCUT2D eigenvalue weighted by Gasteiger charge is -2.34. The van der Waals surface area contributed by atoms with E-state index in [0.29, 0.717) is 22.2 Å². The van der Waals surface area contributed by atoms with Crippen LogP contribution in [0.5, 0.6) is 0 Å². The SMILES string of the molecule is Cc1cccc(N(CCCC(=O)N(Cc2ccc(Cl)c(Cl)c2)C(Cc2ccccc2)C(=O)NC2CCCCC2)S(C)(=O)=O)c1. The van der Waals surface area contributed by atoms with Gasteiger partial charge in [-0.15, -0.1) is 0 Å². The smallest absolute Gasteiger partial charge is 0.243 e. The number of anilines is 1. The Morgan fingerprint density at radius 2 is 1.64 bits per heavy atom. The lowest BCUT2D eigenvalue weighted by molar-refractivity contribution is -0.141. The number of nitrogens with one attached hydrogen (secondary N) is 1. The van der Waals surface area contributed by atoms with E-state index >= 15 is 0 Å². The first-order chi connectivity index (χ1) is 21.0. The molecule has 0 spiro atoms. The largest absolute Gasteiger partial charge is 0.352 e. The van der Waals surface area contributed by atoms with E-state index < -0.39 is 16.1 Å². The molecule has 1 fully saturated rings. The summed E-state index contributed by atoms with van der Waals surface area (Å²) >= 11 is 12.5. The van der Waals surface area contributed by atoms with Gasteiger partial charge in [0.05, 0.1) is 22.0 Å². The van der Waals surface area contributed by atoms with Crippen molar-refractivity contribution < 1.29 is 18.0 Å². The number of nitrogens with zero attached hydrogens (tertiary/aromatic N) is 2. The zero-order valence-electron chi connectivity index (χ0n) is 25.3. The average Bonchev–Trinajstić information content (AvgIpc) is 2.99. The summed E-state index contributed by atoms with van der Waals surface area (Å²) in [6, 6.07) is 21.4. The van der Waals surface area contributed by atoms with Crippen molar-refractivity contribution in [1.29, 1.82) is 0 Å². The lowest BCUT2D eigenvalue weighted by atomic mass is 9.94. The standard InChI is InChI=1S/C34H41Cl2N3O4S/c1-25-11-9-16-29(21-25)39(44(2,42)43)20-10-17-33(40)38(24-27-18-19-30(35)31(36)22-27)32(23-26-12-5-3-6-13-26)34(41)37-28-14-7-4-8-15-28/h3,5-6,9,11-13,16,18-19,21-22,28,32H,4,7-8,10,14-15,17,20,23-24H2,1-2H3,(H,37,41).